The molecule has 0 bridgehead atoms. The number of halogens is 2. The van der Waals surface area contributed by atoms with Crippen molar-refractivity contribution in [1.82, 2.24) is 10.3 Å². The predicted molar refractivity (Wildman–Crippen MR) is 68.8 cm³/mol. The third kappa shape index (κ3) is 3.49. The molecule has 0 amide bonds. The first kappa shape index (κ1) is 12.5. The van der Waals surface area contributed by atoms with Crippen LogP contribution in [0.1, 0.15) is 16.3 Å². The lowest BCUT2D eigenvalue weighted by atomic mass is 10.2. The van der Waals surface area contributed by atoms with Gasteiger partial charge in [-0.05, 0) is 24.6 Å². The standard InChI is InChI=1S/C12H12ClFN2S/c1-8-16-10(7-17-8)6-15-5-9-2-3-11(13)12(14)4-9/h2-4,7,15H,5-6H2,1H3. The van der Waals surface area contributed by atoms with Gasteiger partial charge in [-0.2, -0.15) is 0 Å². The minimum atomic E-state index is -0.379. The average molecular weight is 271 g/mol. The van der Waals surface area contributed by atoms with Gasteiger partial charge in [0.15, 0.2) is 0 Å². The molecule has 90 valence electrons. The van der Waals surface area contributed by atoms with Crippen molar-refractivity contribution in [2.75, 3.05) is 0 Å². The van der Waals surface area contributed by atoms with Gasteiger partial charge < -0.3 is 5.32 Å². The highest BCUT2D eigenvalue weighted by Gasteiger charge is 2.01. The fourth-order valence-corrected chi connectivity index (χ4v) is 2.20. The first-order chi connectivity index (χ1) is 8.15. The molecule has 0 radical (unpaired) electrons. The Morgan fingerprint density at radius 2 is 2.24 bits per heavy atom. The van der Waals surface area contributed by atoms with Crippen LogP contribution >= 0.6 is 22.9 Å². The van der Waals surface area contributed by atoms with Crippen LogP contribution in [0.3, 0.4) is 0 Å². The lowest BCUT2D eigenvalue weighted by Crippen LogP contribution is -2.13. The molecule has 1 heterocycles. The van der Waals surface area contributed by atoms with Crippen molar-refractivity contribution in [2.24, 2.45) is 0 Å². The highest BCUT2D eigenvalue weighted by atomic mass is 35.5. The smallest absolute Gasteiger partial charge is 0.142 e. The van der Waals surface area contributed by atoms with E-state index in [-0.39, 0.29) is 10.8 Å². The van der Waals surface area contributed by atoms with Gasteiger partial charge in [0.25, 0.3) is 0 Å². The monoisotopic (exact) mass is 270 g/mol. The number of nitrogens with one attached hydrogen (secondary N) is 1. The Hall–Kier alpha value is -0.970. The molecule has 1 aromatic heterocycles. The van der Waals surface area contributed by atoms with Crippen molar-refractivity contribution >= 4 is 22.9 Å². The van der Waals surface area contributed by atoms with Crippen molar-refractivity contribution < 1.29 is 4.39 Å². The molecule has 0 spiro atoms. The van der Waals surface area contributed by atoms with Gasteiger partial charge in [-0.1, -0.05) is 17.7 Å². The van der Waals surface area contributed by atoms with Crippen molar-refractivity contribution in [1.29, 1.82) is 0 Å². The lowest BCUT2D eigenvalue weighted by Gasteiger charge is -2.04. The quantitative estimate of drug-likeness (QED) is 0.919. The third-order valence-electron chi connectivity index (χ3n) is 2.29. The Morgan fingerprint density at radius 1 is 1.41 bits per heavy atom. The van der Waals surface area contributed by atoms with Crippen molar-refractivity contribution in [2.45, 2.75) is 20.0 Å². The molecular weight excluding hydrogens is 259 g/mol. The first-order valence-electron chi connectivity index (χ1n) is 5.21. The van der Waals surface area contributed by atoms with Crippen LogP contribution in [-0.4, -0.2) is 4.98 Å². The number of hydrogen-bond donors (Lipinski definition) is 1. The SMILES string of the molecule is Cc1nc(CNCc2ccc(Cl)c(F)c2)cs1. The average Bonchev–Trinajstić information content (AvgIpc) is 2.70. The summed E-state index contributed by atoms with van der Waals surface area (Å²) in [5.41, 5.74) is 1.89. The molecule has 1 N–H and O–H groups in total. The number of thiazole rings is 1. The van der Waals surface area contributed by atoms with Crippen LogP contribution in [0.25, 0.3) is 0 Å². The number of aromatic nitrogens is 1. The van der Waals surface area contributed by atoms with Gasteiger partial charge in [0.05, 0.1) is 15.7 Å². The van der Waals surface area contributed by atoms with E-state index in [0.29, 0.717) is 13.1 Å². The van der Waals surface area contributed by atoms with Crippen LogP contribution in [0.4, 0.5) is 4.39 Å². The molecule has 1 aromatic carbocycles. The van der Waals surface area contributed by atoms with Crippen molar-refractivity contribution in [3.63, 3.8) is 0 Å². The Labute approximate surface area is 108 Å². The Morgan fingerprint density at radius 3 is 2.88 bits per heavy atom. The van der Waals surface area contributed by atoms with E-state index < -0.39 is 0 Å². The van der Waals surface area contributed by atoms with Crippen LogP contribution < -0.4 is 5.32 Å². The maximum Gasteiger partial charge on any atom is 0.142 e. The second kappa shape index (κ2) is 5.58. The highest BCUT2D eigenvalue weighted by molar-refractivity contribution is 7.09. The molecule has 5 heteroatoms. The second-order valence-electron chi connectivity index (χ2n) is 3.71. The van der Waals surface area contributed by atoms with Crippen LogP contribution in [0.5, 0.6) is 0 Å². The summed E-state index contributed by atoms with van der Waals surface area (Å²) in [5.74, 6) is -0.379. The molecule has 2 aromatic rings. The molecular formula is C12H12ClFN2S. The van der Waals surface area contributed by atoms with E-state index in [0.717, 1.165) is 16.3 Å². The summed E-state index contributed by atoms with van der Waals surface area (Å²) in [7, 11) is 0. The van der Waals surface area contributed by atoms with Crippen LogP contribution in [-0.2, 0) is 13.1 Å². The normalized spacial score (nSPS) is 10.8. The van der Waals surface area contributed by atoms with Gasteiger partial charge in [-0.15, -0.1) is 11.3 Å². The summed E-state index contributed by atoms with van der Waals surface area (Å²) in [5, 5.41) is 6.44. The van der Waals surface area contributed by atoms with Gasteiger partial charge in [0.1, 0.15) is 5.82 Å². The molecule has 0 saturated heterocycles. The summed E-state index contributed by atoms with van der Waals surface area (Å²) in [6, 6.07) is 4.83. The zero-order valence-corrected chi connectivity index (χ0v) is 10.9. The Kier molecular flexibility index (Phi) is 4.10. The van der Waals surface area contributed by atoms with E-state index in [1.165, 1.54) is 6.07 Å². The summed E-state index contributed by atoms with van der Waals surface area (Å²) >= 11 is 7.24. The van der Waals surface area contributed by atoms with Crippen molar-refractivity contribution in [3.05, 3.63) is 50.7 Å². The van der Waals surface area contributed by atoms with Crippen LogP contribution in [0.2, 0.25) is 5.02 Å². The molecule has 0 unspecified atom stereocenters. The molecule has 0 saturated carbocycles. The zero-order chi connectivity index (χ0) is 12.3. The highest BCUT2D eigenvalue weighted by Crippen LogP contribution is 2.15. The van der Waals surface area contributed by atoms with E-state index in [1.807, 2.05) is 18.4 Å². The topological polar surface area (TPSA) is 24.9 Å². The molecule has 0 aliphatic rings. The summed E-state index contributed by atoms with van der Waals surface area (Å²) in [6.07, 6.45) is 0. The minimum absolute atomic E-state index is 0.156. The van der Waals surface area contributed by atoms with E-state index in [9.17, 15) is 4.39 Å². The number of benzene rings is 1. The third-order valence-corrected chi connectivity index (χ3v) is 3.41. The van der Waals surface area contributed by atoms with Crippen molar-refractivity contribution in [3.8, 4) is 0 Å². The number of hydrogen-bond acceptors (Lipinski definition) is 3. The molecule has 0 aliphatic heterocycles. The fraction of sp³-hybridized carbons (Fsp3) is 0.250. The largest absolute Gasteiger partial charge is 0.307 e. The maximum atomic E-state index is 13.2. The number of rotatable bonds is 4. The van der Waals surface area contributed by atoms with Crippen LogP contribution in [0.15, 0.2) is 23.6 Å². The first-order valence-corrected chi connectivity index (χ1v) is 6.46. The van der Waals surface area contributed by atoms with Gasteiger partial charge in [-0.25, -0.2) is 9.37 Å². The van der Waals surface area contributed by atoms with E-state index in [1.54, 1.807) is 17.4 Å². The molecule has 17 heavy (non-hydrogen) atoms. The van der Waals surface area contributed by atoms with E-state index in [2.05, 4.69) is 10.3 Å². The van der Waals surface area contributed by atoms with E-state index >= 15 is 0 Å². The predicted octanol–water partition coefficient (Wildman–Crippen LogP) is 3.53. The molecule has 2 nitrogen and oxygen atoms in total. The maximum absolute atomic E-state index is 13.2. The summed E-state index contributed by atoms with van der Waals surface area (Å²) in [6.45, 7) is 3.27. The van der Waals surface area contributed by atoms with Gasteiger partial charge in [0, 0.05) is 18.5 Å². The Bertz CT molecular complexity index is 513. The fourth-order valence-electron chi connectivity index (χ4n) is 1.47. The lowest BCUT2D eigenvalue weighted by molar-refractivity contribution is 0.620. The van der Waals surface area contributed by atoms with Gasteiger partial charge in [0.2, 0.25) is 0 Å². The molecule has 0 atom stereocenters. The number of aryl methyl sites for hydroxylation is 1. The number of nitrogens with zero attached hydrogens (tertiary/aromatic N) is 1. The summed E-state index contributed by atoms with van der Waals surface area (Å²) in [4.78, 5) is 4.33. The van der Waals surface area contributed by atoms with E-state index in [4.69, 9.17) is 11.6 Å². The van der Waals surface area contributed by atoms with Gasteiger partial charge in [-0.3, -0.25) is 0 Å². The minimum Gasteiger partial charge on any atom is -0.307 e. The molecule has 2 rings (SSSR count). The van der Waals surface area contributed by atoms with Crippen LogP contribution in [0, 0.1) is 12.7 Å². The second-order valence-corrected chi connectivity index (χ2v) is 5.18. The Balaban J connectivity index is 1.87. The molecule has 0 fully saturated rings. The molecule has 0 aliphatic carbocycles. The van der Waals surface area contributed by atoms with Gasteiger partial charge >= 0.3 is 0 Å². The summed E-state index contributed by atoms with van der Waals surface area (Å²) < 4.78 is 13.2. The zero-order valence-electron chi connectivity index (χ0n) is 9.34.